The molecule has 0 saturated heterocycles. The van der Waals surface area contributed by atoms with Gasteiger partial charge in [-0.25, -0.2) is 0 Å². The number of rotatable bonds is 7. The van der Waals surface area contributed by atoms with Gasteiger partial charge in [-0.05, 0) is 42.8 Å². The molecule has 0 aliphatic rings. The first-order valence-electron chi connectivity index (χ1n) is 9.74. The van der Waals surface area contributed by atoms with Crippen molar-refractivity contribution in [1.29, 1.82) is 0 Å². The van der Waals surface area contributed by atoms with Gasteiger partial charge in [0, 0.05) is 16.8 Å². The molecule has 0 saturated carbocycles. The third-order valence-corrected chi connectivity index (χ3v) is 4.61. The molecular weight excluding hydrogens is 390 g/mol. The van der Waals surface area contributed by atoms with Crippen molar-refractivity contribution in [2.75, 3.05) is 11.1 Å². The summed E-state index contributed by atoms with van der Waals surface area (Å²) in [5.74, 6) is 1.41. The van der Waals surface area contributed by atoms with Gasteiger partial charge in [0.05, 0.1) is 0 Å². The van der Waals surface area contributed by atoms with Gasteiger partial charge in [0.1, 0.15) is 12.4 Å². The van der Waals surface area contributed by atoms with Crippen molar-refractivity contribution in [1.82, 2.24) is 15.0 Å². The molecule has 0 fully saturated rings. The van der Waals surface area contributed by atoms with Gasteiger partial charge in [-0.3, -0.25) is 4.79 Å². The number of para-hydroxylation sites is 1. The molecule has 3 aromatic carbocycles. The molecule has 0 radical (unpaired) electrons. The molecule has 0 amide bonds. The van der Waals surface area contributed by atoms with E-state index in [1.165, 1.54) is 0 Å². The highest BCUT2D eigenvalue weighted by Crippen LogP contribution is 2.19. The molecule has 1 heterocycles. The fourth-order valence-electron chi connectivity index (χ4n) is 3.00. The predicted molar refractivity (Wildman–Crippen MR) is 119 cm³/mol. The van der Waals surface area contributed by atoms with E-state index in [0.717, 1.165) is 11.3 Å². The summed E-state index contributed by atoms with van der Waals surface area (Å²) >= 11 is 0. The number of ketones is 1. The average Bonchev–Trinajstić information content (AvgIpc) is 2.79. The third kappa shape index (κ3) is 5.02. The Labute approximate surface area is 180 Å². The number of hydrogen-bond donors (Lipinski definition) is 2. The Balaban J connectivity index is 1.43. The molecular formula is C24H21N5O2. The van der Waals surface area contributed by atoms with Gasteiger partial charge in [0.25, 0.3) is 0 Å². The Kier molecular flexibility index (Phi) is 5.84. The highest BCUT2D eigenvalue weighted by Gasteiger charge is 2.10. The molecule has 0 spiro atoms. The number of carbonyl (C=O) groups excluding carboxylic acids is 1. The molecule has 7 nitrogen and oxygen atoms in total. The van der Waals surface area contributed by atoms with E-state index >= 15 is 0 Å². The normalized spacial score (nSPS) is 10.5. The van der Waals surface area contributed by atoms with Crippen LogP contribution < -0.4 is 15.8 Å². The summed E-state index contributed by atoms with van der Waals surface area (Å²) in [4.78, 5) is 25.1. The summed E-state index contributed by atoms with van der Waals surface area (Å²) in [6.07, 6.45) is 0. The van der Waals surface area contributed by atoms with Crippen LogP contribution in [0.1, 0.15) is 27.3 Å². The minimum absolute atomic E-state index is 0.0377. The lowest BCUT2D eigenvalue weighted by atomic mass is 10.0. The largest absolute Gasteiger partial charge is 0.486 e. The number of nitrogen functional groups attached to an aromatic ring is 1. The van der Waals surface area contributed by atoms with Crippen LogP contribution in [0.3, 0.4) is 0 Å². The van der Waals surface area contributed by atoms with E-state index in [4.69, 9.17) is 10.5 Å². The van der Waals surface area contributed by atoms with E-state index in [1.54, 1.807) is 36.4 Å². The van der Waals surface area contributed by atoms with Crippen molar-refractivity contribution in [3.8, 4) is 5.75 Å². The van der Waals surface area contributed by atoms with Gasteiger partial charge in [-0.2, -0.15) is 15.0 Å². The Morgan fingerprint density at radius 2 is 1.55 bits per heavy atom. The first-order valence-corrected chi connectivity index (χ1v) is 9.74. The van der Waals surface area contributed by atoms with E-state index in [-0.39, 0.29) is 18.3 Å². The predicted octanol–water partition coefficient (Wildman–Crippen LogP) is 4.32. The highest BCUT2D eigenvalue weighted by molar-refractivity contribution is 6.08. The van der Waals surface area contributed by atoms with Crippen molar-refractivity contribution in [3.63, 3.8) is 0 Å². The molecule has 4 rings (SSSR count). The molecule has 0 bridgehead atoms. The van der Waals surface area contributed by atoms with E-state index in [1.807, 2.05) is 49.4 Å². The van der Waals surface area contributed by atoms with E-state index in [9.17, 15) is 4.79 Å². The number of carbonyl (C=O) groups is 1. The molecule has 0 aliphatic carbocycles. The monoisotopic (exact) mass is 411 g/mol. The Morgan fingerprint density at radius 1 is 0.871 bits per heavy atom. The molecule has 7 heteroatoms. The van der Waals surface area contributed by atoms with Gasteiger partial charge in [-0.15, -0.1) is 0 Å². The van der Waals surface area contributed by atoms with E-state index in [0.29, 0.717) is 28.6 Å². The number of anilines is 3. The van der Waals surface area contributed by atoms with Crippen molar-refractivity contribution < 1.29 is 9.53 Å². The topological polar surface area (TPSA) is 103 Å². The van der Waals surface area contributed by atoms with Gasteiger partial charge in [0.2, 0.25) is 11.9 Å². The highest BCUT2D eigenvalue weighted by atomic mass is 16.5. The van der Waals surface area contributed by atoms with Crippen LogP contribution in [0.15, 0.2) is 78.9 Å². The smallest absolute Gasteiger partial charge is 0.232 e. The van der Waals surface area contributed by atoms with Crippen LogP contribution in [0, 0.1) is 6.92 Å². The zero-order valence-electron chi connectivity index (χ0n) is 16.9. The lowest BCUT2D eigenvalue weighted by Crippen LogP contribution is -2.09. The number of nitrogens with zero attached hydrogens (tertiary/aromatic N) is 3. The molecule has 4 aromatic rings. The summed E-state index contributed by atoms with van der Waals surface area (Å²) in [6, 6.07) is 23.9. The van der Waals surface area contributed by atoms with Crippen LogP contribution in [0.4, 0.5) is 17.6 Å². The zero-order chi connectivity index (χ0) is 21.6. The average molecular weight is 411 g/mol. The maximum atomic E-state index is 12.5. The van der Waals surface area contributed by atoms with Gasteiger partial charge >= 0.3 is 0 Å². The molecule has 0 aliphatic heterocycles. The van der Waals surface area contributed by atoms with Crippen molar-refractivity contribution in [2.45, 2.75) is 13.5 Å². The first-order chi connectivity index (χ1) is 15.1. The standard InChI is InChI=1S/C24H21N5O2/c1-16-7-5-6-10-20(16)26-24-28-21(27-23(25)29-24)15-31-19-13-11-18(12-14-19)22(30)17-8-3-2-4-9-17/h2-14H,15H2,1H3,(H3,25,26,27,28,29). The number of nitrogens with two attached hydrogens (primary N) is 1. The van der Waals surface area contributed by atoms with Crippen LogP contribution in [-0.4, -0.2) is 20.7 Å². The zero-order valence-corrected chi connectivity index (χ0v) is 16.9. The number of aryl methyl sites for hydroxylation is 1. The minimum Gasteiger partial charge on any atom is -0.486 e. The lowest BCUT2D eigenvalue weighted by molar-refractivity contribution is 0.103. The Hall–Kier alpha value is -4.26. The fourth-order valence-corrected chi connectivity index (χ4v) is 3.00. The van der Waals surface area contributed by atoms with E-state index in [2.05, 4.69) is 20.3 Å². The van der Waals surface area contributed by atoms with Gasteiger partial charge in [-0.1, -0.05) is 48.5 Å². The number of benzene rings is 3. The third-order valence-electron chi connectivity index (χ3n) is 4.61. The summed E-state index contributed by atoms with van der Waals surface area (Å²) in [5, 5.41) is 3.15. The molecule has 3 N–H and O–H groups in total. The first kappa shape index (κ1) is 20.0. The second-order valence-electron chi connectivity index (χ2n) is 6.88. The van der Waals surface area contributed by atoms with Crippen LogP contribution in [0.5, 0.6) is 5.75 Å². The summed E-state index contributed by atoms with van der Waals surface area (Å²) in [5.41, 5.74) is 9.01. The maximum Gasteiger partial charge on any atom is 0.232 e. The molecule has 31 heavy (non-hydrogen) atoms. The summed E-state index contributed by atoms with van der Waals surface area (Å²) in [7, 11) is 0. The van der Waals surface area contributed by atoms with Crippen LogP contribution in [-0.2, 0) is 6.61 Å². The SMILES string of the molecule is Cc1ccccc1Nc1nc(N)nc(COc2ccc(C(=O)c3ccccc3)cc2)n1. The second-order valence-corrected chi connectivity index (χ2v) is 6.88. The van der Waals surface area contributed by atoms with Crippen molar-refractivity contribution in [2.24, 2.45) is 0 Å². The molecule has 1 aromatic heterocycles. The van der Waals surface area contributed by atoms with Crippen LogP contribution >= 0.6 is 0 Å². The van der Waals surface area contributed by atoms with Crippen LogP contribution in [0.25, 0.3) is 0 Å². The molecule has 154 valence electrons. The molecule has 0 atom stereocenters. The Bertz CT molecular complexity index is 1190. The summed E-state index contributed by atoms with van der Waals surface area (Å²) < 4.78 is 5.77. The fraction of sp³-hybridized carbons (Fsp3) is 0.0833. The Morgan fingerprint density at radius 3 is 2.29 bits per heavy atom. The quantitative estimate of drug-likeness (QED) is 0.437. The minimum atomic E-state index is -0.0377. The van der Waals surface area contributed by atoms with Gasteiger partial charge < -0.3 is 15.8 Å². The van der Waals surface area contributed by atoms with Crippen molar-refractivity contribution in [3.05, 3.63) is 101 Å². The van der Waals surface area contributed by atoms with Crippen LogP contribution in [0.2, 0.25) is 0 Å². The van der Waals surface area contributed by atoms with Crippen molar-refractivity contribution >= 4 is 23.4 Å². The van der Waals surface area contributed by atoms with Gasteiger partial charge in [0.15, 0.2) is 11.6 Å². The maximum absolute atomic E-state index is 12.5. The molecule has 0 unspecified atom stereocenters. The number of hydrogen-bond acceptors (Lipinski definition) is 7. The second kappa shape index (κ2) is 9.04. The number of nitrogens with one attached hydrogen (secondary N) is 1. The summed E-state index contributed by atoms with van der Waals surface area (Å²) in [6.45, 7) is 2.10. The van der Waals surface area contributed by atoms with E-state index < -0.39 is 0 Å². The number of ether oxygens (including phenoxy) is 1. The lowest BCUT2D eigenvalue weighted by Gasteiger charge is -2.10. The number of aromatic nitrogens is 3.